The second-order valence-corrected chi connectivity index (χ2v) is 6.63. The van der Waals surface area contributed by atoms with E-state index in [0.29, 0.717) is 19.1 Å². The third-order valence-corrected chi connectivity index (χ3v) is 4.26. The van der Waals surface area contributed by atoms with Crippen molar-refractivity contribution in [2.45, 2.75) is 32.6 Å². The highest BCUT2D eigenvalue weighted by atomic mass is 19.1. The predicted octanol–water partition coefficient (Wildman–Crippen LogP) is 3.03. The van der Waals surface area contributed by atoms with E-state index in [9.17, 15) is 9.50 Å². The monoisotopic (exact) mass is 403 g/mol. The van der Waals surface area contributed by atoms with Gasteiger partial charge in [0, 0.05) is 6.54 Å². The molecule has 0 aromatic heterocycles. The Morgan fingerprint density at radius 2 is 1.97 bits per heavy atom. The van der Waals surface area contributed by atoms with Crippen LogP contribution in [0.5, 0.6) is 5.75 Å². The van der Waals surface area contributed by atoms with E-state index >= 15 is 0 Å². The zero-order valence-electron chi connectivity index (χ0n) is 17.2. The number of hydrogen-bond acceptors (Lipinski definition) is 4. The molecule has 6 nitrogen and oxygen atoms in total. The average Bonchev–Trinajstić information content (AvgIpc) is 2.73. The lowest BCUT2D eigenvalue weighted by atomic mass is 10.1. The maximum Gasteiger partial charge on any atom is 0.191 e. The average molecular weight is 403 g/mol. The van der Waals surface area contributed by atoms with Crippen LogP contribution in [-0.2, 0) is 11.3 Å². The molecule has 2 aromatic carbocycles. The summed E-state index contributed by atoms with van der Waals surface area (Å²) < 4.78 is 24.4. The Hall–Kier alpha value is -2.64. The third-order valence-electron chi connectivity index (χ3n) is 4.26. The molecule has 0 saturated carbocycles. The van der Waals surface area contributed by atoms with Crippen LogP contribution in [0.25, 0.3) is 0 Å². The zero-order chi connectivity index (χ0) is 21.1. The van der Waals surface area contributed by atoms with Gasteiger partial charge in [-0.3, -0.25) is 4.99 Å². The highest BCUT2D eigenvalue weighted by Gasteiger charge is 2.12. The number of hydrogen-bond donors (Lipinski definition) is 3. The molecule has 29 heavy (non-hydrogen) atoms. The van der Waals surface area contributed by atoms with Crippen LogP contribution < -0.4 is 15.4 Å². The van der Waals surface area contributed by atoms with E-state index in [1.54, 1.807) is 12.1 Å². The lowest BCUT2D eigenvalue weighted by Crippen LogP contribution is -2.39. The lowest BCUT2D eigenvalue weighted by Gasteiger charge is -2.19. The Morgan fingerprint density at radius 1 is 1.21 bits per heavy atom. The molecule has 0 aliphatic rings. The molecule has 0 bridgehead atoms. The Bertz CT molecular complexity index is 771. The number of methoxy groups -OCH3 is 1. The number of halogens is 1. The minimum Gasteiger partial charge on any atom is -0.494 e. The first-order valence-corrected chi connectivity index (χ1v) is 9.71. The molecule has 7 heteroatoms. The number of nitrogens with one attached hydrogen (secondary N) is 2. The summed E-state index contributed by atoms with van der Waals surface area (Å²) in [4.78, 5) is 4.41. The molecule has 0 spiro atoms. The minimum atomic E-state index is -0.720. The van der Waals surface area contributed by atoms with Crippen molar-refractivity contribution < 1.29 is 19.0 Å². The van der Waals surface area contributed by atoms with Crippen molar-refractivity contribution >= 4 is 5.96 Å². The van der Waals surface area contributed by atoms with Gasteiger partial charge in [-0.05, 0) is 37.1 Å². The van der Waals surface area contributed by atoms with Crippen molar-refractivity contribution in [1.29, 1.82) is 0 Å². The van der Waals surface area contributed by atoms with Crippen LogP contribution in [0.3, 0.4) is 0 Å². The van der Waals surface area contributed by atoms with Crippen LogP contribution in [0.15, 0.2) is 53.5 Å². The van der Waals surface area contributed by atoms with Gasteiger partial charge in [0.05, 0.1) is 39.0 Å². The standard InChI is InChI=1S/C22H30FN3O3/c1-4-24-22(26-16(2)18-10-11-21(28-3)20(23)12-18)25-13-19(27)15-29-14-17-8-6-5-7-9-17/h5-12,16,19,27H,4,13-15H2,1-3H3,(H2,24,25,26). The van der Waals surface area contributed by atoms with Gasteiger partial charge in [0.1, 0.15) is 0 Å². The molecule has 0 heterocycles. The number of nitrogens with zero attached hydrogens (tertiary/aromatic N) is 1. The fourth-order valence-corrected chi connectivity index (χ4v) is 2.70. The summed E-state index contributed by atoms with van der Waals surface area (Å²) in [5.74, 6) is 0.338. The molecule has 0 aliphatic carbocycles. The first-order valence-electron chi connectivity index (χ1n) is 9.71. The van der Waals surface area contributed by atoms with Crippen LogP contribution in [0, 0.1) is 5.82 Å². The van der Waals surface area contributed by atoms with E-state index in [1.165, 1.54) is 13.2 Å². The van der Waals surface area contributed by atoms with Gasteiger partial charge < -0.3 is 25.2 Å². The summed E-state index contributed by atoms with van der Waals surface area (Å²) in [5.41, 5.74) is 1.82. The molecular formula is C22H30FN3O3. The van der Waals surface area contributed by atoms with Crippen molar-refractivity contribution in [3.63, 3.8) is 0 Å². The minimum absolute atomic E-state index is 0.181. The summed E-state index contributed by atoms with van der Waals surface area (Å²) in [6.07, 6.45) is -0.720. The molecule has 0 fully saturated rings. The quantitative estimate of drug-likeness (QED) is 0.420. The van der Waals surface area contributed by atoms with E-state index in [1.807, 2.05) is 44.2 Å². The fraction of sp³-hybridized carbons (Fsp3) is 0.409. The summed E-state index contributed by atoms with van der Waals surface area (Å²) >= 11 is 0. The SMILES string of the molecule is CCNC(=NCC(O)COCc1ccccc1)NC(C)c1ccc(OC)c(F)c1. The number of aliphatic imine (C=N–C) groups is 1. The van der Waals surface area contributed by atoms with Crippen molar-refractivity contribution in [3.05, 3.63) is 65.5 Å². The smallest absolute Gasteiger partial charge is 0.191 e. The number of ether oxygens (including phenoxy) is 2. The van der Waals surface area contributed by atoms with E-state index in [-0.39, 0.29) is 24.9 Å². The molecule has 2 atom stereocenters. The van der Waals surface area contributed by atoms with Gasteiger partial charge in [-0.2, -0.15) is 0 Å². The molecule has 0 saturated heterocycles. The second-order valence-electron chi connectivity index (χ2n) is 6.63. The summed E-state index contributed by atoms with van der Waals surface area (Å²) in [6, 6.07) is 14.4. The Kier molecular flexibility index (Phi) is 9.40. The van der Waals surface area contributed by atoms with Crippen LogP contribution in [0.4, 0.5) is 4.39 Å². The van der Waals surface area contributed by atoms with Crippen molar-refractivity contribution in [2.24, 2.45) is 4.99 Å². The summed E-state index contributed by atoms with van der Waals surface area (Å²) in [7, 11) is 1.44. The number of benzene rings is 2. The van der Waals surface area contributed by atoms with Crippen molar-refractivity contribution in [3.8, 4) is 5.75 Å². The fourth-order valence-electron chi connectivity index (χ4n) is 2.70. The molecule has 3 N–H and O–H groups in total. The predicted molar refractivity (Wildman–Crippen MR) is 113 cm³/mol. The van der Waals surface area contributed by atoms with Gasteiger partial charge in [-0.15, -0.1) is 0 Å². The number of aliphatic hydroxyl groups is 1. The topological polar surface area (TPSA) is 75.1 Å². The normalized spacial score (nSPS) is 13.6. The molecule has 0 amide bonds. The second kappa shape index (κ2) is 12.0. The lowest BCUT2D eigenvalue weighted by molar-refractivity contribution is 0.0331. The summed E-state index contributed by atoms with van der Waals surface area (Å²) in [5, 5.41) is 16.5. The van der Waals surface area contributed by atoms with Gasteiger partial charge in [0.25, 0.3) is 0 Å². The highest BCUT2D eigenvalue weighted by Crippen LogP contribution is 2.21. The molecule has 2 rings (SSSR count). The van der Waals surface area contributed by atoms with Crippen molar-refractivity contribution in [2.75, 3.05) is 26.8 Å². The van der Waals surface area contributed by atoms with Gasteiger partial charge in [0.2, 0.25) is 0 Å². The number of aliphatic hydroxyl groups excluding tert-OH is 1. The maximum atomic E-state index is 13.9. The Balaban J connectivity index is 1.86. The first-order chi connectivity index (χ1) is 14.0. The van der Waals surface area contributed by atoms with E-state index in [0.717, 1.165) is 11.1 Å². The number of rotatable bonds is 10. The van der Waals surface area contributed by atoms with Gasteiger partial charge >= 0.3 is 0 Å². The van der Waals surface area contributed by atoms with Gasteiger partial charge in [-0.25, -0.2) is 4.39 Å². The van der Waals surface area contributed by atoms with Gasteiger partial charge in [0.15, 0.2) is 17.5 Å². The highest BCUT2D eigenvalue weighted by molar-refractivity contribution is 5.80. The molecule has 2 aromatic rings. The van der Waals surface area contributed by atoms with Crippen LogP contribution in [-0.4, -0.2) is 44.0 Å². The third kappa shape index (κ3) is 7.71. The van der Waals surface area contributed by atoms with Crippen LogP contribution in [0.2, 0.25) is 0 Å². The molecule has 158 valence electrons. The molecule has 0 radical (unpaired) electrons. The summed E-state index contributed by atoms with van der Waals surface area (Å²) in [6.45, 7) is 5.35. The first kappa shape index (κ1) is 22.6. The molecular weight excluding hydrogens is 373 g/mol. The van der Waals surface area contributed by atoms with Crippen LogP contribution >= 0.6 is 0 Å². The van der Waals surface area contributed by atoms with E-state index < -0.39 is 11.9 Å². The number of guanidine groups is 1. The maximum absolute atomic E-state index is 13.9. The zero-order valence-corrected chi connectivity index (χ0v) is 17.2. The Morgan fingerprint density at radius 3 is 2.62 bits per heavy atom. The van der Waals surface area contributed by atoms with Crippen LogP contribution in [0.1, 0.15) is 31.0 Å². The van der Waals surface area contributed by atoms with Gasteiger partial charge in [-0.1, -0.05) is 36.4 Å². The molecule has 2 unspecified atom stereocenters. The Labute approximate surface area is 171 Å². The largest absolute Gasteiger partial charge is 0.494 e. The van der Waals surface area contributed by atoms with Crippen molar-refractivity contribution in [1.82, 2.24) is 10.6 Å². The molecule has 0 aliphatic heterocycles. The van der Waals surface area contributed by atoms with E-state index in [4.69, 9.17) is 9.47 Å². The van der Waals surface area contributed by atoms with E-state index in [2.05, 4.69) is 15.6 Å².